The minimum atomic E-state index is -0.0239. The second-order valence-electron chi connectivity index (χ2n) is 5.27. The fraction of sp³-hybridized carbons (Fsp3) is 0.500. The minimum absolute atomic E-state index is 0.0239. The zero-order valence-electron chi connectivity index (χ0n) is 12.7. The van der Waals surface area contributed by atoms with Crippen molar-refractivity contribution in [3.05, 3.63) is 22.8 Å². The highest BCUT2D eigenvalue weighted by Crippen LogP contribution is 2.10. The molecule has 1 rings (SSSR count). The molecule has 0 saturated heterocycles. The third-order valence-corrected chi connectivity index (χ3v) is 3.46. The largest absolute Gasteiger partial charge is 0.356 e. The van der Waals surface area contributed by atoms with Gasteiger partial charge in [0.1, 0.15) is 5.78 Å². The summed E-state index contributed by atoms with van der Waals surface area (Å²) < 4.78 is 2.02. The first kappa shape index (κ1) is 17.2. The Morgan fingerprint density at radius 1 is 1.29 bits per heavy atom. The van der Waals surface area contributed by atoms with Crippen molar-refractivity contribution in [3.8, 4) is 0 Å². The highest BCUT2D eigenvalue weighted by molar-refractivity contribution is 5.78. The smallest absolute Gasteiger partial charge is 0.220 e. The molecule has 5 nitrogen and oxygen atoms in total. The van der Waals surface area contributed by atoms with Crippen molar-refractivity contribution in [1.29, 1.82) is 0 Å². The maximum Gasteiger partial charge on any atom is 0.220 e. The number of hydrogen-bond donors (Lipinski definition) is 2. The number of amides is 1. The molecule has 1 aromatic heterocycles. The van der Waals surface area contributed by atoms with E-state index in [9.17, 15) is 9.59 Å². The lowest BCUT2D eigenvalue weighted by Crippen LogP contribution is -2.34. The lowest BCUT2D eigenvalue weighted by Gasteiger charge is -2.18. The monoisotopic (exact) mass is 291 g/mol. The van der Waals surface area contributed by atoms with Crippen molar-refractivity contribution in [2.24, 2.45) is 5.73 Å². The van der Waals surface area contributed by atoms with Gasteiger partial charge in [-0.25, -0.2) is 0 Å². The molecule has 1 aromatic rings. The zero-order chi connectivity index (χ0) is 15.8. The van der Waals surface area contributed by atoms with E-state index in [0.717, 1.165) is 23.5 Å². The summed E-state index contributed by atoms with van der Waals surface area (Å²) in [6, 6.07) is 3.95. The van der Waals surface area contributed by atoms with Crippen LogP contribution in [0, 0.1) is 0 Å². The fourth-order valence-corrected chi connectivity index (χ4v) is 2.32. The molecule has 1 amide bonds. The molecule has 5 heteroatoms. The lowest BCUT2D eigenvalue weighted by molar-refractivity contribution is -0.121. The first-order valence-electron chi connectivity index (χ1n) is 7.27. The van der Waals surface area contributed by atoms with Crippen LogP contribution < -0.4 is 21.7 Å². The van der Waals surface area contributed by atoms with Crippen LogP contribution in [0.4, 0.5) is 0 Å². The molecule has 0 aromatic carbocycles. The van der Waals surface area contributed by atoms with E-state index in [1.807, 2.05) is 16.7 Å². The van der Waals surface area contributed by atoms with E-state index in [4.69, 9.17) is 5.73 Å². The molecular formula is C16H25N3O2. The molecule has 3 N–H and O–H groups in total. The molecule has 116 valence electrons. The first-order valence-corrected chi connectivity index (χ1v) is 7.27. The normalized spacial score (nSPS) is 12.1. The number of carbonyl (C=O) groups excluding carboxylic acids is 2. The van der Waals surface area contributed by atoms with Crippen LogP contribution in [0.25, 0.3) is 13.2 Å². The first-order chi connectivity index (χ1) is 9.95. The molecular weight excluding hydrogens is 266 g/mol. The van der Waals surface area contributed by atoms with E-state index < -0.39 is 0 Å². The minimum Gasteiger partial charge on any atom is -0.356 e. The predicted octanol–water partition coefficient (Wildman–Crippen LogP) is 0.0741. The Hall–Kier alpha value is -1.88. The van der Waals surface area contributed by atoms with Gasteiger partial charge in [0.15, 0.2) is 0 Å². The van der Waals surface area contributed by atoms with Gasteiger partial charge in [0, 0.05) is 42.7 Å². The van der Waals surface area contributed by atoms with Gasteiger partial charge in [-0.3, -0.25) is 9.59 Å². The molecule has 0 fully saturated rings. The number of aromatic nitrogens is 1. The van der Waals surface area contributed by atoms with Crippen LogP contribution in [0.2, 0.25) is 0 Å². The molecule has 1 heterocycles. The molecule has 0 saturated carbocycles. The number of ketones is 1. The van der Waals surface area contributed by atoms with Crippen LogP contribution in [0.5, 0.6) is 0 Å². The van der Waals surface area contributed by atoms with Gasteiger partial charge < -0.3 is 15.6 Å². The summed E-state index contributed by atoms with van der Waals surface area (Å²) in [6.45, 7) is 10.4. The van der Waals surface area contributed by atoms with Gasteiger partial charge >= 0.3 is 0 Å². The summed E-state index contributed by atoms with van der Waals surface area (Å²) in [7, 11) is 0. The van der Waals surface area contributed by atoms with Crippen molar-refractivity contribution in [2.75, 3.05) is 13.1 Å². The van der Waals surface area contributed by atoms with Gasteiger partial charge in [0.2, 0.25) is 5.91 Å². The predicted molar refractivity (Wildman–Crippen MR) is 85.0 cm³/mol. The van der Waals surface area contributed by atoms with Crippen molar-refractivity contribution < 1.29 is 9.59 Å². The zero-order valence-corrected chi connectivity index (χ0v) is 12.7. The van der Waals surface area contributed by atoms with E-state index >= 15 is 0 Å². The summed E-state index contributed by atoms with van der Waals surface area (Å²) in [4.78, 5) is 22.4. The highest BCUT2D eigenvalue weighted by atomic mass is 16.1. The third kappa shape index (κ3) is 5.55. The molecule has 0 radical (unpaired) electrons. The fourth-order valence-electron chi connectivity index (χ4n) is 2.32. The van der Waals surface area contributed by atoms with Gasteiger partial charge in [0.05, 0.1) is 0 Å². The Morgan fingerprint density at radius 3 is 2.43 bits per heavy atom. The Labute approximate surface area is 125 Å². The summed E-state index contributed by atoms with van der Waals surface area (Å²) >= 11 is 0. The molecule has 21 heavy (non-hydrogen) atoms. The highest BCUT2D eigenvalue weighted by Gasteiger charge is 2.11. The van der Waals surface area contributed by atoms with Crippen LogP contribution in [0.3, 0.4) is 0 Å². The number of nitrogens with two attached hydrogens (primary N) is 1. The number of hydrogen-bond acceptors (Lipinski definition) is 3. The van der Waals surface area contributed by atoms with Crippen molar-refractivity contribution >= 4 is 24.8 Å². The van der Waals surface area contributed by atoms with E-state index in [-0.39, 0.29) is 17.7 Å². The number of nitrogens with zero attached hydrogens (tertiary/aromatic N) is 1. The number of carbonyl (C=O) groups is 2. The van der Waals surface area contributed by atoms with Crippen molar-refractivity contribution in [1.82, 2.24) is 9.88 Å². The molecule has 0 aliphatic rings. The standard InChI is InChI=1S/C16H25N3O2/c1-12-7-8-13(2)19(12)15(11-17)5-4-6-16(21)18-10-9-14(3)20/h7-8,15H,1-2,4-6,9-11,17H2,3H3,(H,18,21). The van der Waals surface area contributed by atoms with Crippen molar-refractivity contribution in [2.45, 2.75) is 38.6 Å². The molecule has 0 spiro atoms. The van der Waals surface area contributed by atoms with Crippen molar-refractivity contribution in [3.63, 3.8) is 0 Å². The molecule has 0 aliphatic carbocycles. The van der Waals surface area contributed by atoms with Crippen LogP contribution in [0.15, 0.2) is 12.1 Å². The Morgan fingerprint density at radius 2 is 1.90 bits per heavy atom. The Kier molecular flexibility index (Phi) is 6.88. The summed E-state index contributed by atoms with van der Waals surface area (Å²) in [5, 5.41) is 4.52. The molecule has 0 aliphatic heterocycles. The SMILES string of the molecule is C=c1ccc(=C)n1C(CN)CCCC(=O)NCCC(C)=O. The van der Waals surface area contributed by atoms with E-state index in [1.54, 1.807) is 0 Å². The summed E-state index contributed by atoms with van der Waals surface area (Å²) in [6.07, 6.45) is 2.37. The van der Waals surface area contributed by atoms with Gasteiger partial charge in [-0.15, -0.1) is 0 Å². The van der Waals surface area contributed by atoms with E-state index in [1.165, 1.54) is 6.92 Å². The van der Waals surface area contributed by atoms with E-state index in [0.29, 0.717) is 25.9 Å². The Balaban J connectivity index is 2.40. The second-order valence-corrected chi connectivity index (χ2v) is 5.27. The van der Waals surface area contributed by atoms with E-state index in [2.05, 4.69) is 18.5 Å². The second kappa shape index (κ2) is 8.42. The molecule has 0 bridgehead atoms. The average Bonchev–Trinajstić information content (AvgIpc) is 2.74. The van der Waals surface area contributed by atoms with Crippen LogP contribution >= 0.6 is 0 Å². The van der Waals surface area contributed by atoms with Gasteiger partial charge in [-0.05, 0) is 31.9 Å². The van der Waals surface area contributed by atoms with Gasteiger partial charge in [-0.1, -0.05) is 13.2 Å². The maximum absolute atomic E-state index is 11.6. The van der Waals surface area contributed by atoms with Crippen LogP contribution in [0.1, 0.15) is 38.6 Å². The summed E-state index contributed by atoms with van der Waals surface area (Å²) in [5.74, 6) is 0.0567. The van der Waals surface area contributed by atoms with Crippen LogP contribution in [-0.2, 0) is 9.59 Å². The Bertz CT molecular complexity index is 549. The maximum atomic E-state index is 11.6. The molecule has 1 unspecified atom stereocenters. The van der Waals surface area contributed by atoms with Crippen LogP contribution in [-0.4, -0.2) is 29.3 Å². The third-order valence-electron chi connectivity index (χ3n) is 3.46. The lowest BCUT2D eigenvalue weighted by atomic mass is 10.1. The summed E-state index contributed by atoms with van der Waals surface area (Å²) in [5.41, 5.74) is 5.82. The molecule has 1 atom stereocenters. The number of nitrogens with one attached hydrogen (secondary N) is 1. The quantitative estimate of drug-likeness (QED) is 0.676. The van der Waals surface area contributed by atoms with Gasteiger partial charge in [-0.2, -0.15) is 0 Å². The average molecular weight is 291 g/mol. The van der Waals surface area contributed by atoms with Gasteiger partial charge in [0.25, 0.3) is 0 Å². The number of rotatable bonds is 9. The topological polar surface area (TPSA) is 77.1 Å². The number of Topliss-reactive ketones (excluding diaryl/α,β-unsaturated/α-hetero) is 1.